The first-order valence-electron chi connectivity index (χ1n) is 3.26. The quantitative estimate of drug-likeness (QED) is 0.583. The lowest BCUT2D eigenvalue weighted by molar-refractivity contribution is 0.0698. The van der Waals surface area contributed by atoms with E-state index in [0.717, 1.165) is 0 Å². The van der Waals surface area contributed by atoms with Gasteiger partial charge in [0.25, 0.3) is 0 Å². The van der Waals surface area contributed by atoms with Crippen molar-refractivity contribution in [3.05, 3.63) is 28.8 Å². The molecule has 0 spiro atoms. The summed E-state index contributed by atoms with van der Waals surface area (Å²) in [4.78, 5) is 23.8. The van der Waals surface area contributed by atoms with Gasteiger partial charge in [-0.3, -0.25) is 0 Å². The number of nitrogens with zero attached hydrogens (tertiary/aromatic N) is 1. The highest BCUT2D eigenvalue weighted by atomic mass is 35.5. The number of rotatable bonds is 2. The Bertz CT molecular complexity index is 396. The summed E-state index contributed by atoms with van der Waals surface area (Å²) >= 11 is 5.59. The number of benzene rings is 1. The van der Waals surface area contributed by atoms with Gasteiger partial charge in [-0.25, -0.2) is 9.59 Å². The van der Waals surface area contributed by atoms with Crippen molar-refractivity contribution in [1.82, 2.24) is 0 Å². The molecular weight excluding hydrogens is 194 g/mol. The minimum absolute atomic E-state index is 0.00926. The van der Waals surface area contributed by atoms with Crippen LogP contribution in [0.3, 0.4) is 0 Å². The van der Waals surface area contributed by atoms with E-state index in [-0.39, 0.29) is 16.3 Å². The molecule has 0 atom stereocenters. The summed E-state index contributed by atoms with van der Waals surface area (Å²) in [5.74, 6) is -1.22. The van der Waals surface area contributed by atoms with E-state index in [2.05, 4.69) is 4.99 Å². The number of carboxylic acids is 1. The van der Waals surface area contributed by atoms with Gasteiger partial charge in [0.2, 0.25) is 6.08 Å². The van der Waals surface area contributed by atoms with Crippen molar-refractivity contribution in [2.45, 2.75) is 0 Å². The Morgan fingerprint density at radius 1 is 1.54 bits per heavy atom. The van der Waals surface area contributed by atoms with E-state index in [1.165, 1.54) is 24.3 Å². The number of aromatic carboxylic acids is 1. The first-order valence-corrected chi connectivity index (χ1v) is 3.64. The molecule has 0 amide bonds. The Labute approximate surface area is 78.5 Å². The summed E-state index contributed by atoms with van der Waals surface area (Å²) in [6, 6.07) is 4.29. The molecule has 0 saturated heterocycles. The van der Waals surface area contributed by atoms with Gasteiger partial charge in [-0.15, -0.1) is 0 Å². The first kappa shape index (κ1) is 9.45. The standard InChI is InChI=1S/C8H4ClNO3/c9-5-2-1-3-6(10-4-11)7(5)8(12)13/h1-3H,(H,12,13). The van der Waals surface area contributed by atoms with Crippen molar-refractivity contribution < 1.29 is 14.7 Å². The van der Waals surface area contributed by atoms with Crippen molar-refractivity contribution in [3.63, 3.8) is 0 Å². The fraction of sp³-hybridized carbons (Fsp3) is 0. The molecular formula is C8H4ClNO3. The summed E-state index contributed by atoms with van der Waals surface area (Å²) in [6.45, 7) is 0. The van der Waals surface area contributed by atoms with Gasteiger partial charge in [0.05, 0.1) is 10.7 Å². The number of halogens is 1. The minimum Gasteiger partial charge on any atom is -0.478 e. The van der Waals surface area contributed by atoms with E-state index in [9.17, 15) is 9.59 Å². The van der Waals surface area contributed by atoms with Crippen LogP contribution in [0.4, 0.5) is 5.69 Å². The molecule has 1 N–H and O–H groups in total. The average molecular weight is 198 g/mol. The topological polar surface area (TPSA) is 66.7 Å². The van der Waals surface area contributed by atoms with Crippen LogP contribution < -0.4 is 0 Å². The Morgan fingerprint density at radius 3 is 2.77 bits per heavy atom. The molecule has 0 aliphatic rings. The SMILES string of the molecule is O=C=Nc1cccc(Cl)c1C(=O)O. The number of aliphatic imine (C=N–C) groups is 1. The lowest BCUT2D eigenvalue weighted by atomic mass is 10.2. The van der Waals surface area contributed by atoms with Gasteiger partial charge < -0.3 is 5.11 Å². The van der Waals surface area contributed by atoms with Crippen LogP contribution in [-0.2, 0) is 4.79 Å². The smallest absolute Gasteiger partial charge is 0.339 e. The zero-order valence-electron chi connectivity index (χ0n) is 6.32. The maximum Gasteiger partial charge on any atom is 0.339 e. The molecule has 1 rings (SSSR count). The number of carbonyl (C=O) groups excluding carboxylic acids is 1. The molecule has 0 radical (unpaired) electrons. The molecule has 1 aromatic rings. The van der Waals surface area contributed by atoms with Gasteiger partial charge in [0, 0.05) is 0 Å². The molecule has 13 heavy (non-hydrogen) atoms. The van der Waals surface area contributed by atoms with Crippen molar-refractivity contribution in [1.29, 1.82) is 0 Å². The molecule has 0 heterocycles. The molecule has 0 bridgehead atoms. The molecule has 0 saturated carbocycles. The molecule has 5 heteroatoms. The van der Waals surface area contributed by atoms with Gasteiger partial charge >= 0.3 is 5.97 Å². The van der Waals surface area contributed by atoms with Crippen LogP contribution in [0.15, 0.2) is 23.2 Å². The molecule has 1 aromatic carbocycles. The maximum atomic E-state index is 10.6. The number of hydrogen-bond acceptors (Lipinski definition) is 3. The number of carbonyl (C=O) groups is 1. The number of isocyanates is 1. The van der Waals surface area contributed by atoms with Gasteiger partial charge in [-0.2, -0.15) is 4.99 Å². The summed E-state index contributed by atoms with van der Waals surface area (Å²) in [5.41, 5.74) is -0.178. The monoisotopic (exact) mass is 197 g/mol. The van der Waals surface area contributed by atoms with Crippen LogP contribution in [0.1, 0.15) is 10.4 Å². The van der Waals surface area contributed by atoms with E-state index in [0.29, 0.717) is 0 Å². The zero-order chi connectivity index (χ0) is 9.84. The van der Waals surface area contributed by atoms with Crippen molar-refractivity contribution in [3.8, 4) is 0 Å². The molecule has 0 aromatic heterocycles. The average Bonchev–Trinajstić information content (AvgIpc) is 2.04. The lowest BCUT2D eigenvalue weighted by Crippen LogP contribution is -1.97. The first-order chi connectivity index (χ1) is 6.16. The molecule has 66 valence electrons. The second-order valence-electron chi connectivity index (χ2n) is 2.14. The van der Waals surface area contributed by atoms with Crippen LogP contribution in [0.25, 0.3) is 0 Å². The fourth-order valence-electron chi connectivity index (χ4n) is 0.867. The Kier molecular flexibility index (Phi) is 2.80. The predicted molar refractivity (Wildman–Crippen MR) is 46.2 cm³/mol. The second kappa shape index (κ2) is 3.85. The molecule has 0 aliphatic heterocycles. The Hall–Kier alpha value is -1.64. The van der Waals surface area contributed by atoms with Crippen LogP contribution in [0, 0.1) is 0 Å². The van der Waals surface area contributed by atoms with E-state index in [4.69, 9.17) is 16.7 Å². The van der Waals surface area contributed by atoms with Crippen molar-refractivity contribution in [2.24, 2.45) is 4.99 Å². The fourth-order valence-corrected chi connectivity index (χ4v) is 1.12. The largest absolute Gasteiger partial charge is 0.478 e. The second-order valence-corrected chi connectivity index (χ2v) is 2.55. The molecule has 4 nitrogen and oxygen atoms in total. The normalized spacial score (nSPS) is 9.00. The zero-order valence-corrected chi connectivity index (χ0v) is 7.08. The third-order valence-corrected chi connectivity index (χ3v) is 1.69. The van der Waals surface area contributed by atoms with Crippen LogP contribution >= 0.6 is 11.6 Å². The van der Waals surface area contributed by atoms with Crippen molar-refractivity contribution >= 4 is 29.3 Å². The molecule has 0 unspecified atom stereocenters. The van der Waals surface area contributed by atoms with Crippen molar-refractivity contribution in [2.75, 3.05) is 0 Å². The van der Waals surface area contributed by atoms with Crippen LogP contribution in [0.5, 0.6) is 0 Å². The van der Waals surface area contributed by atoms with E-state index in [1.54, 1.807) is 0 Å². The lowest BCUT2D eigenvalue weighted by Gasteiger charge is -1.99. The molecule has 0 fully saturated rings. The Balaban J connectivity index is 3.42. The maximum absolute atomic E-state index is 10.6. The summed E-state index contributed by atoms with van der Waals surface area (Å²) in [5, 5.41) is 8.74. The van der Waals surface area contributed by atoms with E-state index in [1.807, 2.05) is 0 Å². The third-order valence-electron chi connectivity index (χ3n) is 1.37. The van der Waals surface area contributed by atoms with Gasteiger partial charge in [0.15, 0.2) is 0 Å². The number of carboxylic acid groups (broad SMARTS) is 1. The summed E-state index contributed by atoms with van der Waals surface area (Å²) in [7, 11) is 0. The van der Waals surface area contributed by atoms with Gasteiger partial charge in [-0.1, -0.05) is 17.7 Å². The Morgan fingerprint density at radius 2 is 2.23 bits per heavy atom. The minimum atomic E-state index is -1.22. The molecule has 0 aliphatic carbocycles. The van der Waals surface area contributed by atoms with Crippen LogP contribution in [0.2, 0.25) is 5.02 Å². The van der Waals surface area contributed by atoms with E-state index >= 15 is 0 Å². The highest BCUT2D eigenvalue weighted by molar-refractivity contribution is 6.34. The van der Waals surface area contributed by atoms with Gasteiger partial charge in [0.1, 0.15) is 5.56 Å². The van der Waals surface area contributed by atoms with Gasteiger partial charge in [-0.05, 0) is 12.1 Å². The highest BCUT2D eigenvalue weighted by Crippen LogP contribution is 2.25. The third kappa shape index (κ3) is 1.93. The summed E-state index contributed by atoms with van der Waals surface area (Å²) in [6.07, 6.45) is 1.26. The van der Waals surface area contributed by atoms with E-state index < -0.39 is 5.97 Å². The number of hydrogen-bond donors (Lipinski definition) is 1. The predicted octanol–water partition coefficient (Wildman–Crippen LogP) is 2.01. The highest BCUT2D eigenvalue weighted by Gasteiger charge is 2.13. The summed E-state index contributed by atoms with van der Waals surface area (Å²) < 4.78 is 0. The van der Waals surface area contributed by atoms with Crippen LogP contribution in [-0.4, -0.2) is 17.2 Å².